The molecule has 0 radical (unpaired) electrons. The minimum Gasteiger partial charge on any atom is -0.462 e. The Kier molecular flexibility index (Phi) is 8.94. The first-order valence-electron chi connectivity index (χ1n) is 15.1. The molecule has 2 N–H and O–H groups in total. The molecule has 12 heteroatoms. The number of likely N-dealkylation sites (tertiary alicyclic amines) is 1. The van der Waals surface area contributed by atoms with Gasteiger partial charge < -0.3 is 15.4 Å². The lowest BCUT2D eigenvalue weighted by molar-refractivity contribution is -0.139. The Balaban J connectivity index is 1.55. The van der Waals surface area contributed by atoms with Crippen LogP contribution in [0.2, 0.25) is 0 Å². The number of likely N-dealkylation sites (N-methyl/N-ethyl adjacent to an activating group) is 1. The molecule has 1 unspecified atom stereocenters. The molecule has 44 heavy (non-hydrogen) atoms. The van der Waals surface area contributed by atoms with E-state index in [1.807, 2.05) is 25.8 Å². The van der Waals surface area contributed by atoms with Crippen molar-refractivity contribution in [3.8, 4) is 6.01 Å². The fraction of sp³-hybridized carbons (Fsp3) is 0.594. The normalized spacial score (nSPS) is 27.7. The van der Waals surface area contributed by atoms with Gasteiger partial charge in [0.05, 0.1) is 16.9 Å². The Bertz CT molecular complexity index is 1430. The molecule has 3 aliphatic rings. The van der Waals surface area contributed by atoms with E-state index in [0.29, 0.717) is 50.3 Å². The molecule has 0 amide bonds. The van der Waals surface area contributed by atoms with Crippen LogP contribution >= 0.6 is 0 Å². The van der Waals surface area contributed by atoms with Crippen molar-refractivity contribution in [1.29, 1.82) is 0 Å². The van der Waals surface area contributed by atoms with E-state index in [1.54, 1.807) is 0 Å². The van der Waals surface area contributed by atoms with Gasteiger partial charge in [-0.25, -0.2) is 8.78 Å². The topological polar surface area (TPSA) is 84.6 Å². The number of ether oxygens (including phenoxy) is 1. The Morgan fingerprint density at radius 2 is 1.95 bits per heavy atom. The summed E-state index contributed by atoms with van der Waals surface area (Å²) >= 11 is 0. The molecule has 6 atom stereocenters. The van der Waals surface area contributed by atoms with E-state index in [9.17, 15) is 22.4 Å². The SMILES string of the molecule is C=CC(=O)C1CCN(c2nc(OC[C@@H]3C[C@@H](F)CN3C)nc3c2C[C@@H](C)[C@H](c2c(F)c(N)cc(C)c2C(F)(F)F)C3)[C@@H](C)C1. The summed E-state index contributed by atoms with van der Waals surface area (Å²) in [5.74, 6) is -1.85. The van der Waals surface area contributed by atoms with Crippen molar-refractivity contribution >= 4 is 17.3 Å². The van der Waals surface area contributed by atoms with Gasteiger partial charge in [-0.05, 0) is 82.5 Å². The van der Waals surface area contributed by atoms with E-state index in [-0.39, 0.29) is 54.1 Å². The number of alkyl halides is 4. The number of fused-ring (bicyclic) bond motifs is 1. The highest BCUT2D eigenvalue weighted by Gasteiger charge is 2.43. The number of carbonyl (C=O) groups is 1. The van der Waals surface area contributed by atoms with Gasteiger partial charge in [0.2, 0.25) is 0 Å². The molecule has 2 saturated heterocycles. The van der Waals surface area contributed by atoms with E-state index in [1.165, 1.54) is 13.0 Å². The number of ketones is 1. The van der Waals surface area contributed by atoms with Crippen LogP contribution in [0.4, 0.5) is 33.5 Å². The molecule has 2 aliphatic heterocycles. The highest BCUT2D eigenvalue weighted by molar-refractivity contribution is 5.91. The summed E-state index contributed by atoms with van der Waals surface area (Å²) in [6.45, 7) is 9.69. The van der Waals surface area contributed by atoms with E-state index in [4.69, 9.17) is 15.5 Å². The maximum Gasteiger partial charge on any atom is 0.417 e. The second-order valence-corrected chi connectivity index (χ2v) is 12.7. The predicted octanol–water partition coefficient (Wildman–Crippen LogP) is 5.82. The molecule has 1 aromatic carbocycles. The monoisotopic (exact) mass is 621 g/mol. The van der Waals surface area contributed by atoms with Crippen molar-refractivity contribution < 1.29 is 31.5 Å². The number of piperidine rings is 1. The molecule has 240 valence electrons. The number of hydrogen-bond acceptors (Lipinski definition) is 7. The number of aryl methyl sites for hydroxylation is 1. The molecule has 0 bridgehead atoms. The van der Waals surface area contributed by atoms with Crippen molar-refractivity contribution in [1.82, 2.24) is 14.9 Å². The van der Waals surface area contributed by atoms with E-state index >= 15 is 4.39 Å². The Hall–Kier alpha value is -3.28. The molecular weight excluding hydrogens is 581 g/mol. The Labute approximate surface area is 254 Å². The first-order valence-corrected chi connectivity index (χ1v) is 15.1. The number of benzene rings is 1. The largest absolute Gasteiger partial charge is 0.462 e. The van der Waals surface area contributed by atoms with Crippen LogP contribution in [0.5, 0.6) is 6.01 Å². The number of carbonyl (C=O) groups excluding carboxylic acids is 1. The van der Waals surface area contributed by atoms with Gasteiger partial charge in [-0.15, -0.1) is 0 Å². The summed E-state index contributed by atoms with van der Waals surface area (Å²) in [4.78, 5) is 25.8. The average molecular weight is 622 g/mol. The maximum absolute atomic E-state index is 15.5. The number of aromatic nitrogens is 2. The van der Waals surface area contributed by atoms with Gasteiger partial charge >= 0.3 is 12.2 Å². The molecule has 2 aromatic rings. The van der Waals surface area contributed by atoms with Crippen molar-refractivity contribution in [2.75, 3.05) is 37.4 Å². The van der Waals surface area contributed by atoms with Crippen molar-refractivity contribution in [3.63, 3.8) is 0 Å². The van der Waals surface area contributed by atoms with Gasteiger partial charge in [0, 0.05) is 42.2 Å². The predicted molar refractivity (Wildman–Crippen MR) is 158 cm³/mol. The lowest BCUT2D eigenvalue weighted by atomic mass is 9.73. The van der Waals surface area contributed by atoms with Crippen LogP contribution in [-0.4, -0.2) is 65.7 Å². The Morgan fingerprint density at radius 1 is 1.23 bits per heavy atom. The Morgan fingerprint density at radius 3 is 2.57 bits per heavy atom. The zero-order valence-corrected chi connectivity index (χ0v) is 25.6. The smallest absolute Gasteiger partial charge is 0.417 e. The molecule has 5 rings (SSSR count). The van der Waals surface area contributed by atoms with Crippen molar-refractivity contribution in [3.05, 3.63) is 52.5 Å². The fourth-order valence-corrected chi connectivity index (χ4v) is 7.30. The van der Waals surface area contributed by atoms with Crippen LogP contribution in [0, 0.1) is 24.6 Å². The lowest BCUT2D eigenvalue weighted by Crippen LogP contribution is -2.44. The summed E-state index contributed by atoms with van der Waals surface area (Å²) in [6.07, 6.45) is -2.55. The third-order valence-corrected chi connectivity index (χ3v) is 9.65. The van der Waals surface area contributed by atoms with Crippen LogP contribution in [0.3, 0.4) is 0 Å². The first kappa shape index (κ1) is 32.1. The number of allylic oxidation sites excluding steroid dienone is 1. The van der Waals surface area contributed by atoms with Gasteiger partial charge in [0.25, 0.3) is 0 Å². The highest BCUT2D eigenvalue weighted by Crippen LogP contribution is 2.47. The molecule has 0 spiro atoms. The average Bonchev–Trinajstić information content (AvgIpc) is 3.28. The van der Waals surface area contributed by atoms with E-state index < -0.39 is 41.1 Å². The highest BCUT2D eigenvalue weighted by atomic mass is 19.4. The fourth-order valence-electron chi connectivity index (χ4n) is 7.30. The quantitative estimate of drug-likeness (QED) is 0.237. The number of anilines is 2. The summed E-state index contributed by atoms with van der Waals surface area (Å²) in [7, 11) is 1.81. The number of rotatable bonds is 7. The number of nitrogen functional groups attached to an aromatic ring is 1. The third kappa shape index (κ3) is 6.14. The molecule has 1 aromatic heterocycles. The minimum absolute atomic E-state index is 0.00604. The van der Waals surface area contributed by atoms with Gasteiger partial charge in [-0.1, -0.05) is 13.5 Å². The van der Waals surface area contributed by atoms with Crippen LogP contribution in [0.25, 0.3) is 0 Å². The number of halogens is 5. The second kappa shape index (κ2) is 12.3. The zero-order valence-electron chi connectivity index (χ0n) is 25.6. The second-order valence-electron chi connectivity index (χ2n) is 12.7. The van der Waals surface area contributed by atoms with Crippen LogP contribution in [0.1, 0.15) is 67.0 Å². The summed E-state index contributed by atoms with van der Waals surface area (Å²) in [5, 5.41) is 0. The standard InChI is InChI=1S/C32H40F5N5O2/c1-6-26(43)19-7-8-42(18(4)11-19)30-23-9-16(2)22(27-28(32(35,36)37)17(3)10-24(38)29(27)34)13-25(23)39-31(40-30)44-15-21-12-20(33)14-41(21)5/h6,10,16,18-22H,1,7-9,11-15,38H2,2-5H3/t16-,18+,19?,20-,21+,22-/m1/s1. The number of hydrogen-bond donors (Lipinski definition) is 1. The number of nitrogens with zero attached hydrogens (tertiary/aromatic N) is 4. The van der Waals surface area contributed by atoms with Crippen LogP contribution in [-0.2, 0) is 23.8 Å². The zero-order chi connectivity index (χ0) is 32.1. The summed E-state index contributed by atoms with van der Waals surface area (Å²) in [5.41, 5.74) is 5.22. The van der Waals surface area contributed by atoms with Gasteiger partial charge in [0.1, 0.15) is 24.4 Å². The molecule has 7 nitrogen and oxygen atoms in total. The molecule has 3 heterocycles. The van der Waals surface area contributed by atoms with Gasteiger partial charge in [-0.3, -0.25) is 9.69 Å². The molecule has 0 saturated carbocycles. The third-order valence-electron chi connectivity index (χ3n) is 9.65. The van der Waals surface area contributed by atoms with Gasteiger partial charge in [0.15, 0.2) is 5.78 Å². The molecular formula is C32H40F5N5O2. The number of nitrogens with two attached hydrogens (primary N) is 1. The summed E-state index contributed by atoms with van der Waals surface area (Å²) < 4.78 is 78.5. The van der Waals surface area contributed by atoms with Gasteiger partial charge in [-0.2, -0.15) is 23.1 Å². The van der Waals surface area contributed by atoms with Crippen LogP contribution in [0.15, 0.2) is 18.7 Å². The van der Waals surface area contributed by atoms with Crippen molar-refractivity contribution in [2.45, 2.75) is 83.2 Å². The summed E-state index contributed by atoms with van der Waals surface area (Å²) in [6, 6.07) is 0.815. The lowest BCUT2D eigenvalue weighted by Gasteiger charge is -2.41. The van der Waals surface area contributed by atoms with E-state index in [2.05, 4.69) is 16.5 Å². The first-order chi connectivity index (χ1) is 20.7. The van der Waals surface area contributed by atoms with Crippen molar-refractivity contribution in [2.24, 2.45) is 11.8 Å². The molecule has 2 fully saturated rings. The minimum atomic E-state index is -4.77. The van der Waals surface area contributed by atoms with Crippen LogP contribution < -0.4 is 15.4 Å². The maximum atomic E-state index is 15.5. The molecule has 1 aliphatic carbocycles. The van der Waals surface area contributed by atoms with E-state index in [0.717, 1.165) is 11.6 Å².